The van der Waals surface area contributed by atoms with Gasteiger partial charge in [0.2, 0.25) is 10.0 Å². The molecule has 4 rings (SSSR count). The highest BCUT2D eigenvalue weighted by atomic mass is 35.5. The molecule has 33 heavy (non-hydrogen) atoms. The van der Waals surface area contributed by atoms with Gasteiger partial charge in [-0.05, 0) is 43.9 Å². The Morgan fingerprint density at radius 1 is 1.15 bits per heavy atom. The first-order valence-corrected chi connectivity index (χ1v) is 12.9. The maximum Gasteiger partial charge on any atom is 0.309 e. The van der Waals surface area contributed by atoms with Gasteiger partial charge in [0.1, 0.15) is 5.78 Å². The Morgan fingerprint density at radius 2 is 1.82 bits per heavy atom. The highest BCUT2D eigenvalue weighted by Crippen LogP contribution is 2.40. The fourth-order valence-electron chi connectivity index (χ4n) is 4.81. The van der Waals surface area contributed by atoms with Crippen molar-refractivity contribution in [3.63, 3.8) is 0 Å². The van der Waals surface area contributed by atoms with Gasteiger partial charge in [0.25, 0.3) is 5.91 Å². The lowest BCUT2D eigenvalue weighted by atomic mass is 9.67. The van der Waals surface area contributed by atoms with Crippen molar-refractivity contribution in [3.8, 4) is 0 Å². The standard InChI is InChI=1S/C22H27ClN2O7S/c23-18-5-4-17(33(29,30)25-6-8-31-9-7-25)12-19(18)24-20(26)13-32-22(28)16-10-14-2-1-3-15(11-16)21(14)27/h4-5,12,14-16H,1-3,6-11,13H2,(H,24,26). The Hall–Kier alpha value is -2.01. The number of carbonyl (C=O) groups excluding carboxylic acids is 3. The van der Waals surface area contributed by atoms with Crippen molar-refractivity contribution in [2.24, 2.45) is 17.8 Å². The average Bonchev–Trinajstić information content (AvgIpc) is 2.79. The monoisotopic (exact) mass is 498 g/mol. The molecule has 2 atom stereocenters. The van der Waals surface area contributed by atoms with Crippen LogP contribution in [0.3, 0.4) is 0 Å². The van der Waals surface area contributed by atoms with E-state index in [4.69, 9.17) is 21.1 Å². The molecule has 1 N–H and O–H groups in total. The van der Waals surface area contributed by atoms with Gasteiger partial charge in [0.05, 0.1) is 34.7 Å². The minimum absolute atomic E-state index is 0.000456. The largest absolute Gasteiger partial charge is 0.455 e. The smallest absolute Gasteiger partial charge is 0.309 e. The summed E-state index contributed by atoms with van der Waals surface area (Å²) in [4.78, 5) is 37.1. The van der Waals surface area contributed by atoms with Gasteiger partial charge in [-0.1, -0.05) is 18.0 Å². The summed E-state index contributed by atoms with van der Waals surface area (Å²) in [7, 11) is -3.76. The highest BCUT2D eigenvalue weighted by molar-refractivity contribution is 7.89. The topological polar surface area (TPSA) is 119 Å². The van der Waals surface area contributed by atoms with Crippen LogP contribution < -0.4 is 5.32 Å². The maximum absolute atomic E-state index is 12.9. The predicted octanol–water partition coefficient (Wildman–Crippen LogP) is 2.24. The van der Waals surface area contributed by atoms with Crippen molar-refractivity contribution in [3.05, 3.63) is 23.2 Å². The van der Waals surface area contributed by atoms with Crippen LogP contribution in [0.5, 0.6) is 0 Å². The van der Waals surface area contributed by atoms with E-state index in [1.165, 1.54) is 22.5 Å². The van der Waals surface area contributed by atoms with E-state index in [9.17, 15) is 22.8 Å². The van der Waals surface area contributed by atoms with Crippen molar-refractivity contribution in [1.82, 2.24) is 4.31 Å². The van der Waals surface area contributed by atoms with Crippen molar-refractivity contribution in [2.75, 3.05) is 38.2 Å². The van der Waals surface area contributed by atoms with Crippen molar-refractivity contribution in [2.45, 2.75) is 37.0 Å². The number of sulfonamides is 1. The molecule has 9 nitrogen and oxygen atoms in total. The number of Topliss-reactive ketones (excluding diaryl/α,β-unsaturated/α-hetero) is 1. The molecule has 0 aromatic heterocycles. The van der Waals surface area contributed by atoms with Crippen LogP contribution >= 0.6 is 11.6 Å². The van der Waals surface area contributed by atoms with Crippen molar-refractivity contribution < 1.29 is 32.3 Å². The number of hydrogen-bond acceptors (Lipinski definition) is 7. The number of ether oxygens (including phenoxy) is 2. The molecule has 180 valence electrons. The Bertz CT molecular complexity index is 1020. The van der Waals surface area contributed by atoms with E-state index in [-0.39, 0.29) is 52.2 Å². The van der Waals surface area contributed by atoms with Gasteiger partial charge in [0.15, 0.2) is 6.61 Å². The number of ketones is 1. The number of nitrogens with one attached hydrogen (secondary N) is 1. The summed E-state index contributed by atoms with van der Waals surface area (Å²) in [5.74, 6) is -1.40. The second-order valence-corrected chi connectivity index (χ2v) is 11.1. The molecule has 0 radical (unpaired) electrons. The molecule has 1 amide bonds. The molecular formula is C22H27ClN2O7S. The number of esters is 1. The Labute approximate surface area is 197 Å². The third-order valence-electron chi connectivity index (χ3n) is 6.55. The number of morpholine rings is 1. The molecule has 1 heterocycles. The zero-order chi connectivity index (χ0) is 23.6. The van der Waals surface area contributed by atoms with E-state index in [2.05, 4.69) is 5.32 Å². The molecule has 2 bridgehead atoms. The molecule has 3 fully saturated rings. The molecular weight excluding hydrogens is 472 g/mol. The number of nitrogens with zero attached hydrogens (tertiary/aromatic N) is 1. The lowest BCUT2D eigenvalue weighted by Crippen LogP contribution is -2.40. The third-order valence-corrected chi connectivity index (χ3v) is 8.77. The Kier molecular flexibility index (Phi) is 7.37. The van der Waals surface area contributed by atoms with Crippen LogP contribution in [0.25, 0.3) is 0 Å². The van der Waals surface area contributed by atoms with Crippen LogP contribution in [0, 0.1) is 17.8 Å². The first-order chi connectivity index (χ1) is 15.8. The zero-order valence-corrected chi connectivity index (χ0v) is 19.7. The molecule has 1 aromatic carbocycles. The van der Waals surface area contributed by atoms with Crippen molar-refractivity contribution >= 4 is 45.0 Å². The van der Waals surface area contributed by atoms with Crippen LogP contribution in [0.4, 0.5) is 5.69 Å². The molecule has 11 heteroatoms. The normalized spacial score (nSPS) is 26.0. The average molecular weight is 499 g/mol. The van der Waals surface area contributed by atoms with Gasteiger partial charge in [-0.25, -0.2) is 8.42 Å². The predicted molar refractivity (Wildman–Crippen MR) is 119 cm³/mol. The second kappa shape index (κ2) is 10.1. The van der Waals surface area contributed by atoms with Gasteiger partial charge in [-0.3, -0.25) is 14.4 Å². The maximum atomic E-state index is 12.9. The molecule has 3 aliphatic rings. The minimum Gasteiger partial charge on any atom is -0.455 e. The number of halogens is 1. The summed E-state index contributed by atoms with van der Waals surface area (Å²) in [5.41, 5.74) is 0.116. The highest BCUT2D eigenvalue weighted by Gasteiger charge is 2.42. The number of benzene rings is 1. The van der Waals surface area contributed by atoms with Gasteiger partial charge >= 0.3 is 5.97 Å². The quantitative estimate of drug-likeness (QED) is 0.597. The summed E-state index contributed by atoms with van der Waals surface area (Å²) < 4.78 is 37.4. The molecule has 0 spiro atoms. The number of rotatable bonds is 6. The number of amides is 1. The first-order valence-electron chi connectivity index (χ1n) is 11.1. The van der Waals surface area contributed by atoms with E-state index in [0.29, 0.717) is 26.1 Å². The molecule has 1 aromatic rings. The summed E-state index contributed by atoms with van der Waals surface area (Å²) in [5, 5.41) is 2.68. The molecule has 1 aliphatic heterocycles. The molecule has 2 saturated carbocycles. The summed E-state index contributed by atoms with van der Waals surface area (Å²) in [6.07, 6.45) is 3.57. The fraction of sp³-hybridized carbons (Fsp3) is 0.591. The minimum atomic E-state index is -3.76. The number of hydrogen-bond donors (Lipinski definition) is 1. The summed E-state index contributed by atoms with van der Waals surface area (Å²) >= 11 is 6.15. The van der Waals surface area contributed by atoms with Gasteiger partial charge in [-0.15, -0.1) is 0 Å². The van der Waals surface area contributed by atoms with Gasteiger partial charge < -0.3 is 14.8 Å². The lowest BCUT2D eigenvalue weighted by molar-refractivity contribution is -0.155. The fourth-order valence-corrected chi connectivity index (χ4v) is 6.41. The molecule has 2 aliphatic carbocycles. The zero-order valence-electron chi connectivity index (χ0n) is 18.1. The Balaban J connectivity index is 1.35. The van der Waals surface area contributed by atoms with Crippen LogP contribution in [-0.2, 0) is 33.9 Å². The number of carbonyl (C=O) groups is 3. The second-order valence-electron chi connectivity index (χ2n) is 8.71. The Morgan fingerprint density at radius 3 is 2.48 bits per heavy atom. The van der Waals surface area contributed by atoms with Crippen molar-refractivity contribution in [1.29, 1.82) is 0 Å². The van der Waals surface area contributed by atoms with Gasteiger partial charge in [-0.2, -0.15) is 4.31 Å². The van der Waals surface area contributed by atoms with E-state index in [1.54, 1.807) is 0 Å². The summed E-state index contributed by atoms with van der Waals surface area (Å²) in [6, 6.07) is 4.07. The van der Waals surface area contributed by atoms with Gasteiger partial charge in [0, 0.05) is 24.9 Å². The first kappa shape index (κ1) is 24.1. The summed E-state index contributed by atoms with van der Waals surface area (Å²) in [6.45, 7) is 0.612. The molecule has 2 unspecified atom stereocenters. The third kappa shape index (κ3) is 5.40. The van der Waals surface area contributed by atoms with Crippen LogP contribution in [-0.4, -0.2) is 63.3 Å². The lowest BCUT2D eigenvalue weighted by Gasteiger charge is -2.36. The number of fused-ring (bicyclic) bond motifs is 2. The molecule has 1 saturated heterocycles. The van der Waals surface area contributed by atoms with Crippen LogP contribution in [0.1, 0.15) is 32.1 Å². The SMILES string of the molecule is O=C(COC(=O)C1CC2CCCC(C1)C2=O)Nc1cc(S(=O)(=O)N2CCOCC2)ccc1Cl. The number of anilines is 1. The van der Waals surface area contributed by atoms with E-state index in [1.807, 2.05) is 0 Å². The van der Waals surface area contributed by atoms with E-state index in [0.717, 1.165) is 19.3 Å². The van der Waals surface area contributed by atoms with E-state index >= 15 is 0 Å². The van der Waals surface area contributed by atoms with Crippen LogP contribution in [0.15, 0.2) is 23.1 Å². The van der Waals surface area contributed by atoms with E-state index < -0.39 is 28.5 Å². The van der Waals surface area contributed by atoms with Crippen LogP contribution in [0.2, 0.25) is 5.02 Å².